The summed E-state index contributed by atoms with van der Waals surface area (Å²) in [6, 6.07) is 5.16. The SMILES string of the molecule is CC[C@H](C)N1C(=O)[C@H]2[C@@H](C1=O)[C@]1(N[C@H]2C(C)C)C(=O)Nc2ccc(Br)cc21. The van der Waals surface area contributed by atoms with Crippen molar-refractivity contribution in [2.45, 2.75) is 51.7 Å². The zero-order valence-corrected chi connectivity index (χ0v) is 17.5. The number of likely N-dealkylation sites (tertiary alicyclic amines) is 1. The van der Waals surface area contributed by atoms with Gasteiger partial charge in [0.2, 0.25) is 17.7 Å². The monoisotopic (exact) mass is 433 g/mol. The average molecular weight is 434 g/mol. The number of nitrogens with zero attached hydrogens (tertiary/aromatic N) is 1. The molecule has 6 nitrogen and oxygen atoms in total. The molecule has 0 aliphatic carbocycles. The van der Waals surface area contributed by atoms with Gasteiger partial charge in [0.1, 0.15) is 5.54 Å². The Kier molecular flexibility index (Phi) is 4.23. The lowest BCUT2D eigenvalue weighted by Crippen LogP contribution is -2.54. The Morgan fingerprint density at radius 3 is 2.52 bits per heavy atom. The van der Waals surface area contributed by atoms with Crippen LogP contribution in [0, 0.1) is 17.8 Å². The van der Waals surface area contributed by atoms with Gasteiger partial charge in [0.05, 0.1) is 11.8 Å². The second kappa shape index (κ2) is 6.14. The molecule has 1 aromatic rings. The number of halogens is 1. The van der Waals surface area contributed by atoms with E-state index in [1.54, 1.807) is 0 Å². The standard InChI is InChI=1S/C20H24BrN3O3/c1-5-10(4)24-17(25)14-15(18(24)26)20(23-16(14)9(2)3)12-8-11(21)6-7-13(12)22-19(20)27/h6-10,14-16,23H,5H2,1-4H3,(H,22,27)/t10-,14-,15-,16-,20-/m0/s1. The Morgan fingerprint density at radius 1 is 1.19 bits per heavy atom. The van der Waals surface area contributed by atoms with Crippen molar-refractivity contribution in [1.82, 2.24) is 10.2 Å². The highest BCUT2D eigenvalue weighted by molar-refractivity contribution is 9.10. The molecule has 0 bridgehead atoms. The van der Waals surface area contributed by atoms with Gasteiger partial charge in [0.15, 0.2) is 0 Å². The van der Waals surface area contributed by atoms with Crippen LogP contribution in [0.15, 0.2) is 22.7 Å². The fourth-order valence-electron chi connectivity index (χ4n) is 4.92. The Morgan fingerprint density at radius 2 is 1.89 bits per heavy atom. The third-order valence-electron chi connectivity index (χ3n) is 6.40. The number of fused-ring (bicyclic) bond motifs is 4. The van der Waals surface area contributed by atoms with Crippen LogP contribution in [-0.4, -0.2) is 34.7 Å². The summed E-state index contributed by atoms with van der Waals surface area (Å²) in [4.78, 5) is 41.3. The highest BCUT2D eigenvalue weighted by atomic mass is 79.9. The van der Waals surface area contributed by atoms with Gasteiger partial charge in [-0.25, -0.2) is 0 Å². The molecule has 3 aliphatic heterocycles. The maximum atomic E-state index is 13.4. The first-order valence-electron chi connectivity index (χ1n) is 9.50. The number of anilines is 1. The molecule has 0 saturated carbocycles. The molecule has 27 heavy (non-hydrogen) atoms. The molecule has 144 valence electrons. The summed E-state index contributed by atoms with van der Waals surface area (Å²) in [6.07, 6.45) is 0.692. The number of carbonyl (C=O) groups excluding carboxylic acids is 3. The van der Waals surface area contributed by atoms with Gasteiger partial charge in [-0.15, -0.1) is 0 Å². The van der Waals surface area contributed by atoms with Gasteiger partial charge >= 0.3 is 0 Å². The van der Waals surface area contributed by atoms with Crippen LogP contribution in [0.2, 0.25) is 0 Å². The van der Waals surface area contributed by atoms with E-state index in [-0.39, 0.29) is 35.7 Å². The van der Waals surface area contributed by atoms with Crippen molar-refractivity contribution < 1.29 is 14.4 Å². The molecular formula is C20H24BrN3O3. The lowest BCUT2D eigenvalue weighted by Gasteiger charge is -2.31. The van der Waals surface area contributed by atoms with E-state index in [1.165, 1.54) is 4.90 Å². The van der Waals surface area contributed by atoms with Crippen LogP contribution < -0.4 is 10.6 Å². The van der Waals surface area contributed by atoms with Crippen LogP contribution in [0.1, 0.15) is 39.7 Å². The van der Waals surface area contributed by atoms with Crippen molar-refractivity contribution in [2.24, 2.45) is 17.8 Å². The van der Waals surface area contributed by atoms with Crippen LogP contribution in [0.5, 0.6) is 0 Å². The molecule has 0 unspecified atom stereocenters. The van der Waals surface area contributed by atoms with Crippen molar-refractivity contribution in [3.8, 4) is 0 Å². The Balaban J connectivity index is 1.92. The average Bonchev–Trinajstić information content (AvgIpc) is 3.20. The smallest absolute Gasteiger partial charge is 0.250 e. The molecule has 2 saturated heterocycles. The maximum Gasteiger partial charge on any atom is 0.250 e. The minimum atomic E-state index is -1.20. The highest BCUT2D eigenvalue weighted by Gasteiger charge is 2.71. The van der Waals surface area contributed by atoms with E-state index in [1.807, 2.05) is 45.9 Å². The summed E-state index contributed by atoms with van der Waals surface area (Å²) in [5.41, 5.74) is 0.237. The number of hydrogen-bond donors (Lipinski definition) is 2. The predicted molar refractivity (Wildman–Crippen MR) is 105 cm³/mol. The fourth-order valence-corrected chi connectivity index (χ4v) is 5.28. The Hall–Kier alpha value is -1.73. The van der Waals surface area contributed by atoms with E-state index in [9.17, 15) is 14.4 Å². The minimum absolute atomic E-state index is 0.106. The van der Waals surface area contributed by atoms with Crippen LogP contribution in [0.4, 0.5) is 5.69 Å². The summed E-state index contributed by atoms with van der Waals surface area (Å²) in [6.45, 7) is 7.89. The molecule has 1 spiro atoms. The third-order valence-corrected chi connectivity index (χ3v) is 6.89. The molecular weight excluding hydrogens is 410 g/mol. The van der Waals surface area contributed by atoms with Gasteiger partial charge < -0.3 is 5.32 Å². The summed E-state index contributed by atoms with van der Waals surface area (Å²) in [7, 11) is 0. The number of carbonyl (C=O) groups is 3. The molecule has 3 heterocycles. The normalized spacial score (nSPS) is 33.0. The van der Waals surface area contributed by atoms with E-state index in [0.29, 0.717) is 12.1 Å². The van der Waals surface area contributed by atoms with Crippen LogP contribution in [-0.2, 0) is 19.9 Å². The van der Waals surface area contributed by atoms with Crippen LogP contribution in [0.3, 0.4) is 0 Å². The molecule has 2 N–H and O–H groups in total. The number of hydrogen-bond acceptors (Lipinski definition) is 4. The lowest BCUT2D eigenvalue weighted by atomic mass is 9.76. The van der Waals surface area contributed by atoms with E-state index in [2.05, 4.69) is 26.6 Å². The zero-order chi connectivity index (χ0) is 19.7. The number of rotatable bonds is 3. The van der Waals surface area contributed by atoms with Crippen molar-refractivity contribution in [3.63, 3.8) is 0 Å². The lowest BCUT2D eigenvalue weighted by molar-refractivity contribution is -0.145. The maximum absolute atomic E-state index is 13.4. The van der Waals surface area contributed by atoms with Gasteiger partial charge in [0.25, 0.3) is 0 Å². The molecule has 3 aliphatic rings. The number of nitrogens with one attached hydrogen (secondary N) is 2. The molecule has 3 amide bonds. The van der Waals surface area contributed by atoms with Crippen molar-refractivity contribution >= 4 is 39.3 Å². The van der Waals surface area contributed by atoms with Crippen LogP contribution >= 0.6 is 15.9 Å². The number of imide groups is 1. The summed E-state index contributed by atoms with van der Waals surface area (Å²) >= 11 is 3.48. The first-order valence-corrected chi connectivity index (χ1v) is 10.3. The summed E-state index contributed by atoms with van der Waals surface area (Å²) in [5, 5.41) is 6.36. The number of amides is 3. The second-order valence-corrected chi connectivity index (χ2v) is 9.09. The Bertz CT molecular complexity index is 855. The fraction of sp³-hybridized carbons (Fsp3) is 0.550. The first kappa shape index (κ1) is 18.6. The molecule has 0 aromatic heterocycles. The number of benzene rings is 1. The third kappa shape index (κ3) is 2.30. The van der Waals surface area contributed by atoms with Crippen molar-refractivity contribution in [1.29, 1.82) is 0 Å². The quantitative estimate of drug-likeness (QED) is 0.718. The summed E-state index contributed by atoms with van der Waals surface area (Å²) < 4.78 is 0.832. The zero-order valence-electron chi connectivity index (χ0n) is 15.9. The molecule has 1 aromatic carbocycles. The largest absolute Gasteiger partial charge is 0.324 e. The molecule has 7 heteroatoms. The van der Waals surface area contributed by atoms with E-state index >= 15 is 0 Å². The Labute approximate surface area is 167 Å². The highest BCUT2D eigenvalue weighted by Crippen LogP contribution is 2.54. The van der Waals surface area contributed by atoms with Crippen LogP contribution in [0.25, 0.3) is 0 Å². The minimum Gasteiger partial charge on any atom is -0.324 e. The van der Waals surface area contributed by atoms with Gasteiger partial charge in [-0.05, 0) is 37.5 Å². The van der Waals surface area contributed by atoms with Gasteiger partial charge in [-0.1, -0.05) is 36.7 Å². The van der Waals surface area contributed by atoms with Crippen molar-refractivity contribution in [3.05, 3.63) is 28.2 Å². The molecule has 5 atom stereocenters. The predicted octanol–water partition coefficient (Wildman–Crippen LogP) is 2.62. The second-order valence-electron chi connectivity index (χ2n) is 8.17. The molecule has 2 fully saturated rings. The summed E-state index contributed by atoms with van der Waals surface area (Å²) in [5.74, 6) is -1.78. The van der Waals surface area contributed by atoms with Crippen molar-refractivity contribution in [2.75, 3.05) is 5.32 Å². The van der Waals surface area contributed by atoms with E-state index in [0.717, 1.165) is 10.0 Å². The van der Waals surface area contributed by atoms with Gasteiger partial charge in [-0.3, -0.25) is 24.6 Å². The van der Waals surface area contributed by atoms with E-state index < -0.39 is 17.4 Å². The molecule has 0 radical (unpaired) electrons. The topological polar surface area (TPSA) is 78.5 Å². The van der Waals surface area contributed by atoms with Gasteiger partial charge in [-0.2, -0.15) is 0 Å². The van der Waals surface area contributed by atoms with E-state index in [4.69, 9.17) is 0 Å². The van der Waals surface area contributed by atoms with Gasteiger partial charge in [0, 0.05) is 27.8 Å². The molecule has 4 rings (SSSR count). The first-order chi connectivity index (χ1) is 12.7.